The van der Waals surface area contributed by atoms with Crippen molar-refractivity contribution in [1.29, 1.82) is 0 Å². The normalized spacial score (nSPS) is 13.7. The fourth-order valence-electron chi connectivity index (χ4n) is 7.20. The maximum atomic E-state index is 13.1. The molecule has 332 valence electrons. The maximum absolute atomic E-state index is 13.1. The van der Waals surface area contributed by atoms with E-state index in [4.69, 9.17) is 4.74 Å². The Bertz CT molecular complexity index is 988. The third kappa shape index (κ3) is 40.4. The minimum Gasteiger partial charge on any atom is -0.462 e. The van der Waals surface area contributed by atoms with Crippen LogP contribution < -0.4 is 5.32 Å². The summed E-state index contributed by atoms with van der Waals surface area (Å²) < 4.78 is 5.91. The largest absolute Gasteiger partial charge is 0.462 e. The van der Waals surface area contributed by atoms with Gasteiger partial charge in [0.2, 0.25) is 5.91 Å². The van der Waals surface area contributed by atoms with Crippen LogP contribution in [-0.4, -0.2) is 46.9 Å². The molecular formula is C51H93NO5. The predicted octanol–water partition coefficient (Wildman–Crippen LogP) is 14.3. The molecule has 0 saturated heterocycles. The Morgan fingerprint density at radius 1 is 0.526 bits per heavy atom. The van der Waals surface area contributed by atoms with E-state index in [0.717, 1.165) is 96.3 Å². The monoisotopic (exact) mass is 800 g/mol. The van der Waals surface area contributed by atoms with Gasteiger partial charge in [0.15, 0.2) is 0 Å². The van der Waals surface area contributed by atoms with E-state index in [1.165, 1.54) is 96.3 Å². The van der Waals surface area contributed by atoms with Crippen molar-refractivity contribution in [3.8, 4) is 0 Å². The summed E-state index contributed by atoms with van der Waals surface area (Å²) >= 11 is 0. The van der Waals surface area contributed by atoms with Crippen LogP contribution in [0, 0.1) is 0 Å². The summed E-state index contributed by atoms with van der Waals surface area (Å²) in [4.78, 5) is 26.0. The summed E-state index contributed by atoms with van der Waals surface area (Å²) in [5.74, 6) is -0.507. The van der Waals surface area contributed by atoms with Gasteiger partial charge in [-0.3, -0.25) is 9.59 Å². The Morgan fingerprint density at radius 3 is 1.46 bits per heavy atom. The molecular weight excluding hydrogens is 707 g/mol. The third-order valence-electron chi connectivity index (χ3n) is 10.9. The lowest BCUT2D eigenvalue weighted by Gasteiger charge is -2.24. The summed E-state index contributed by atoms with van der Waals surface area (Å²) in [5.41, 5.74) is 0. The highest BCUT2D eigenvalue weighted by atomic mass is 16.5. The third-order valence-corrected chi connectivity index (χ3v) is 10.9. The number of amides is 1. The zero-order valence-electron chi connectivity index (χ0n) is 37.7. The number of aliphatic hydroxyl groups excluding tert-OH is 2. The molecule has 0 radical (unpaired) electrons. The standard InChI is InChI=1S/C51H93NO5/c1-4-7-10-13-16-19-21-23-25-26-28-31-33-36-39-42-47(57-51(56)44-41-38-35-32-29-27-24-22-20-17-14-11-8-5-2)45-50(55)52-48(46-53)49(54)43-40-37-34-30-18-15-12-9-6-3/h8,11,17,20,23-25,27,47-49,53-54H,4-7,9-10,12-16,18-19,21-22,26,28-46H2,1-3H3,(H,52,55)/b11-8+,20-17+,25-23+,27-24+. The zero-order chi connectivity index (χ0) is 41.7. The fourth-order valence-corrected chi connectivity index (χ4v) is 7.20. The second-order valence-corrected chi connectivity index (χ2v) is 16.5. The molecule has 0 aromatic carbocycles. The Hall–Kier alpha value is -2.18. The Labute approximate surface area is 353 Å². The molecule has 0 aromatic rings. The first-order valence-corrected chi connectivity index (χ1v) is 24.4. The molecule has 6 nitrogen and oxygen atoms in total. The first-order chi connectivity index (χ1) is 28.0. The quantitative estimate of drug-likeness (QED) is 0.0324. The van der Waals surface area contributed by atoms with Gasteiger partial charge in [0.1, 0.15) is 6.10 Å². The van der Waals surface area contributed by atoms with E-state index in [1.807, 2.05) is 0 Å². The summed E-state index contributed by atoms with van der Waals surface area (Å²) in [6.07, 6.45) is 53.1. The number of hydrogen-bond donors (Lipinski definition) is 3. The topological polar surface area (TPSA) is 95.9 Å². The summed E-state index contributed by atoms with van der Waals surface area (Å²) in [6.45, 7) is 6.34. The van der Waals surface area contributed by atoms with Crippen molar-refractivity contribution in [2.45, 2.75) is 257 Å². The molecule has 0 aliphatic carbocycles. The summed E-state index contributed by atoms with van der Waals surface area (Å²) in [5, 5.41) is 23.6. The van der Waals surface area contributed by atoms with Gasteiger partial charge in [0.05, 0.1) is 25.2 Å². The zero-order valence-corrected chi connectivity index (χ0v) is 37.7. The molecule has 6 heteroatoms. The number of allylic oxidation sites excluding steroid dienone is 8. The van der Waals surface area contributed by atoms with Crippen molar-refractivity contribution in [1.82, 2.24) is 5.32 Å². The van der Waals surface area contributed by atoms with Gasteiger partial charge in [-0.05, 0) is 83.5 Å². The number of aliphatic hydroxyl groups is 2. The lowest BCUT2D eigenvalue weighted by atomic mass is 10.0. The summed E-state index contributed by atoms with van der Waals surface area (Å²) in [7, 11) is 0. The lowest BCUT2D eigenvalue weighted by molar-refractivity contribution is -0.151. The van der Waals surface area contributed by atoms with Crippen molar-refractivity contribution in [3.63, 3.8) is 0 Å². The van der Waals surface area contributed by atoms with Crippen LogP contribution in [0.3, 0.4) is 0 Å². The highest BCUT2D eigenvalue weighted by Crippen LogP contribution is 2.17. The second kappa shape index (κ2) is 44.9. The molecule has 0 fully saturated rings. The van der Waals surface area contributed by atoms with Gasteiger partial charge in [-0.2, -0.15) is 0 Å². The molecule has 57 heavy (non-hydrogen) atoms. The number of esters is 1. The van der Waals surface area contributed by atoms with Crippen LogP contribution in [-0.2, 0) is 14.3 Å². The van der Waals surface area contributed by atoms with E-state index in [9.17, 15) is 19.8 Å². The van der Waals surface area contributed by atoms with Crippen LogP contribution in [0.5, 0.6) is 0 Å². The van der Waals surface area contributed by atoms with Gasteiger partial charge in [-0.25, -0.2) is 0 Å². The van der Waals surface area contributed by atoms with E-state index in [1.54, 1.807) is 0 Å². The minimum absolute atomic E-state index is 0.0629. The molecule has 0 aliphatic heterocycles. The van der Waals surface area contributed by atoms with Crippen molar-refractivity contribution in [2.75, 3.05) is 6.61 Å². The lowest BCUT2D eigenvalue weighted by Crippen LogP contribution is -2.46. The molecule has 0 heterocycles. The average molecular weight is 800 g/mol. The number of ether oxygens (including phenoxy) is 1. The van der Waals surface area contributed by atoms with Gasteiger partial charge < -0.3 is 20.3 Å². The molecule has 0 bridgehead atoms. The Morgan fingerprint density at radius 2 is 0.947 bits per heavy atom. The van der Waals surface area contributed by atoms with Crippen molar-refractivity contribution < 1.29 is 24.5 Å². The minimum atomic E-state index is -0.791. The first kappa shape index (κ1) is 54.8. The maximum Gasteiger partial charge on any atom is 0.306 e. The first-order valence-electron chi connectivity index (χ1n) is 24.4. The van der Waals surface area contributed by atoms with Gasteiger partial charge in [0.25, 0.3) is 0 Å². The number of carbonyl (C=O) groups is 2. The summed E-state index contributed by atoms with van der Waals surface area (Å²) in [6, 6.07) is -0.706. The second-order valence-electron chi connectivity index (χ2n) is 16.5. The SMILES string of the molecule is CC/C=C/C/C=C/C/C=C/CCCCCCC(=O)OC(CCCCCCC/C=C/CCCCCCCC)CC(=O)NC(CO)C(O)CCCCCCCCCCC. The molecule has 3 N–H and O–H groups in total. The highest BCUT2D eigenvalue weighted by molar-refractivity contribution is 5.77. The number of rotatable bonds is 43. The van der Waals surface area contributed by atoms with Gasteiger partial charge >= 0.3 is 5.97 Å². The van der Waals surface area contributed by atoms with E-state index in [-0.39, 0.29) is 24.9 Å². The van der Waals surface area contributed by atoms with Crippen LogP contribution in [0.15, 0.2) is 48.6 Å². The van der Waals surface area contributed by atoms with Crippen LogP contribution in [0.1, 0.15) is 239 Å². The number of nitrogens with one attached hydrogen (secondary N) is 1. The van der Waals surface area contributed by atoms with Crippen molar-refractivity contribution in [2.24, 2.45) is 0 Å². The Balaban J connectivity index is 4.64. The number of hydrogen-bond acceptors (Lipinski definition) is 5. The average Bonchev–Trinajstić information content (AvgIpc) is 3.20. The van der Waals surface area contributed by atoms with Crippen molar-refractivity contribution >= 4 is 11.9 Å². The molecule has 0 aliphatic rings. The van der Waals surface area contributed by atoms with E-state index < -0.39 is 18.2 Å². The molecule has 1 amide bonds. The van der Waals surface area contributed by atoms with Crippen LogP contribution in [0.25, 0.3) is 0 Å². The van der Waals surface area contributed by atoms with E-state index in [2.05, 4.69) is 74.7 Å². The van der Waals surface area contributed by atoms with E-state index >= 15 is 0 Å². The van der Waals surface area contributed by atoms with Gasteiger partial charge in [0, 0.05) is 6.42 Å². The van der Waals surface area contributed by atoms with Gasteiger partial charge in [-0.15, -0.1) is 0 Å². The van der Waals surface area contributed by atoms with Crippen LogP contribution in [0.2, 0.25) is 0 Å². The van der Waals surface area contributed by atoms with Crippen LogP contribution >= 0.6 is 0 Å². The Kier molecular flexibility index (Phi) is 43.2. The number of carbonyl (C=O) groups excluding carboxylic acids is 2. The molecule has 3 unspecified atom stereocenters. The van der Waals surface area contributed by atoms with E-state index in [0.29, 0.717) is 19.3 Å². The van der Waals surface area contributed by atoms with Crippen molar-refractivity contribution in [3.05, 3.63) is 48.6 Å². The molecule has 0 rings (SSSR count). The molecule has 3 atom stereocenters. The smallest absolute Gasteiger partial charge is 0.306 e. The molecule has 0 spiro atoms. The fraction of sp³-hybridized carbons (Fsp3) is 0.804. The number of unbranched alkanes of at least 4 members (excludes halogenated alkanes) is 23. The molecule has 0 aromatic heterocycles. The molecule has 0 saturated carbocycles. The predicted molar refractivity (Wildman–Crippen MR) is 245 cm³/mol. The highest BCUT2D eigenvalue weighted by Gasteiger charge is 2.24. The van der Waals surface area contributed by atoms with Gasteiger partial charge in [-0.1, -0.05) is 191 Å². The van der Waals surface area contributed by atoms with Crippen LogP contribution in [0.4, 0.5) is 0 Å².